The molecule has 2 atom stereocenters. The molecule has 72 valence electrons. The maximum atomic E-state index is 5.38. The first-order valence-corrected chi connectivity index (χ1v) is 5.13. The molecule has 13 heavy (non-hydrogen) atoms. The maximum Gasteiger partial charge on any atom is 0.106 e. The molecular formula is C11H17NO. The molecule has 0 amide bonds. The summed E-state index contributed by atoms with van der Waals surface area (Å²) >= 11 is 0. The molecule has 0 radical (unpaired) electrons. The SMILES string of the molecule is CC(CC1CCCN1)c1ccco1. The summed E-state index contributed by atoms with van der Waals surface area (Å²) in [6.45, 7) is 3.42. The first kappa shape index (κ1) is 8.82. The van der Waals surface area contributed by atoms with Gasteiger partial charge in [0.15, 0.2) is 0 Å². The van der Waals surface area contributed by atoms with Gasteiger partial charge in [-0.1, -0.05) is 6.92 Å². The smallest absolute Gasteiger partial charge is 0.106 e. The van der Waals surface area contributed by atoms with Gasteiger partial charge >= 0.3 is 0 Å². The van der Waals surface area contributed by atoms with Gasteiger partial charge in [-0.2, -0.15) is 0 Å². The predicted octanol–water partition coefficient (Wildman–Crippen LogP) is 2.53. The van der Waals surface area contributed by atoms with Crippen molar-refractivity contribution in [2.75, 3.05) is 6.54 Å². The summed E-state index contributed by atoms with van der Waals surface area (Å²) in [5.74, 6) is 1.67. The van der Waals surface area contributed by atoms with Gasteiger partial charge in [-0.15, -0.1) is 0 Å². The standard InChI is InChI=1S/C11H17NO/c1-9(11-5-3-7-13-11)8-10-4-2-6-12-10/h3,5,7,9-10,12H,2,4,6,8H2,1H3. The number of rotatable bonds is 3. The van der Waals surface area contributed by atoms with E-state index in [4.69, 9.17) is 4.42 Å². The molecule has 1 aromatic heterocycles. The van der Waals surface area contributed by atoms with Gasteiger partial charge in [0.2, 0.25) is 0 Å². The molecular weight excluding hydrogens is 162 g/mol. The Morgan fingerprint density at radius 2 is 2.62 bits per heavy atom. The summed E-state index contributed by atoms with van der Waals surface area (Å²) in [7, 11) is 0. The lowest BCUT2D eigenvalue weighted by molar-refractivity contribution is 0.426. The van der Waals surface area contributed by atoms with E-state index in [-0.39, 0.29) is 0 Å². The highest BCUT2D eigenvalue weighted by atomic mass is 16.3. The average molecular weight is 179 g/mol. The quantitative estimate of drug-likeness (QED) is 0.771. The zero-order chi connectivity index (χ0) is 9.10. The molecule has 1 aliphatic rings. The fraction of sp³-hybridized carbons (Fsp3) is 0.636. The minimum absolute atomic E-state index is 0.547. The fourth-order valence-corrected chi connectivity index (χ4v) is 2.07. The first-order valence-electron chi connectivity index (χ1n) is 5.13. The van der Waals surface area contributed by atoms with Crippen molar-refractivity contribution in [3.63, 3.8) is 0 Å². The Kier molecular flexibility index (Phi) is 2.69. The van der Waals surface area contributed by atoms with Crippen molar-refractivity contribution in [3.8, 4) is 0 Å². The lowest BCUT2D eigenvalue weighted by Gasteiger charge is -2.14. The van der Waals surface area contributed by atoms with Gasteiger partial charge in [0, 0.05) is 12.0 Å². The summed E-state index contributed by atoms with van der Waals surface area (Å²) < 4.78 is 5.38. The molecule has 0 aliphatic carbocycles. The molecule has 2 heterocycles. The second-order valence-corrected chi connectivity index (χ2v) is 3.95. The molecule has 0 spiro atoms. The van der Waals surface area contributed by atoms with Crippen molar-refractivity contribution in [3.05, 3.63) is 24.2 Å². The Bertz CT molecular complexity index is 237. The third kappa shape index (κ3) is 2.13. The highest BCUT2D eigenvalue weighted by molar-refractivity contribution is 5.04. The second kappa shape index (κ2) is 3.97. The van der Waals surface area contributed by atoms with Crippen LogP contribution in [-0.2, 0) is 0 Å². The summed E-state index contributed by atoms with van der Waals surface area (Å²) in [5.41, 5.74) is 0. The molecule has 0 bridgehead atoms. The van der Waals surface area contributed by atoms with Crippen molar-refractivity contribution >= 4 is 0 Å². The van der Waals surface area contributed by atoms with E-state index >= 15 is 0 Å². The topological polar surface area (TPSA) is 25.2 Å². The Balaban J connectivity index is 1.87. The van der Waals surface area contributed by atoms with Gasteiger partial charge < -0.3 is 9.73 Å². The van der Waals surface area contributed by atoms with E-state index < -0.39 is 0 Å². The van der Waals surface area contributed by atoms with Gasteiger partial charge in [0.25, 0.3) is 0 Å². The monoisotopic (exact) mass is 179 g/mol. The third-order valence-corrected chi connectivity index (χ3v) is 2.83. The summed E-state index contributed by atoms with van der Waals surface area (Å²) in [6.07, 6.45) is 5.61. The lowest BCUT2D eigenvalue weighted by Crippen LogP contribution is -2.22. The van der Waals surface area contributed by atoms with Gasteiger partial charge in [-0.05, 0) is 37.9 Å². The van der Waals surface area contributed by atoms with Crippen LogP contribution in [0.1, 0.15) is 37.9 Å². The minimum atomic E-state index is 0.547. The fourth-order valence-electron chi connectivity index (χ4n) is 2.07. The highest BCUT2D eigenvalue weighted by Crippen LogP contribution is 2.23. The van der Waals surface area contributed by atoms with Gasteiger partial charge in [-0.25, -0.2) is 0 Å². The Labute approximate surface area is 79.3 Å². The average Bonchev–Trinajstić information content (AvgIpc) is 2.74. The Hall–Kier alpha value is -0.760. The van der Waals surface area contributed by atoms with Crippen molar-refractivity contribution in [2.24, 2.45) is 0 Å². The molecule has 2 nitrogen and oxygen atoms in total. The van der Waals surface area contributed by atoms with Crippen molar-refractivity contribution in [2.45, 2.75) is 38.1 Å². The second-order valence-electron chi connectivity index (χ2n) is 3.95. The van der Waals surface area contributed by atoms with Crippen LogP contribution in [0.3, 0.4) is 0 Å². The van der Waals surface area contributed by atoms with Crippen LogP contribution in [0.2, 0.25) is 0 Å². The van der Waals surface area contributed by atoms with Gasteiger partial charge in [0.1, 0.15) is 5.76 Å². The van der Waals surface area contributed by atoms with Gasteiger partial charge in [-0.3, -0.25) is 0 Å². The van der Waals surface area contributed by atoms with Crippen LogP contribution in [-0.4, -0.2) is 12.6 Å². The predicted molar refractivity (Wildman–Crippen MR) is 52.8 cm³/mol. The number of hydrogen-bond acceptors (Lipinski definition) is 2. The Morgan fingerprint density at radius 1 is 1.69 bits per heavy atom. The van der Waals surface area contributed by atoms with E-state index in [1.165, 1.54) is 25.8 Å². The van der Waals surface area contributed by atoms with Crippen LogP contribution in [0, 0.1) is 0 Å². The van der Waals surface area contributed by atoms with Crippen LogP contribution in [0.15, 0.2) is 22.8 Å². The van der Waals surface area contributed by atoms with Crippen LogP contribution in [0.4, 0.5) is 0 Å². The zero-order valence-corrected chi connectivity index (χ0v) is 8.12. The normalized spacial score (nSPS) is 24.8. The molecule has 1 aromatic rings. The van der Waals surface area contributed by atoms with Crippen molar-refractivity contribution in [1.29, 1.82) is 0 Å². The third-order valence-electron chi connectivity index (χ3n) is 2.83. The van der Waals surface area contributed by atoms with E-state index in [0.717, 1.165) is 5.76 Å². The largest absolute Gasteiger partial charge is 0.469 e. The summed E-state index contributed by atoms with van der Waals surface area (Å²) in [5, 5.41) is 3.51. The zero-order valence-electron chi connectivity index (χ0n) is 8.12. The van der Waals surface area contributed by atoms with Crippen LogP contribution < -0.4 is 5.32 Å². The van der Waals surface area contributed by atoms with E-state index in [9.17, 15) is 0 Å². The lowest BCUT2D eigenvalue weighted by atomic mass is 9.98. The number of nitrogens with one attached hydrogen (secondary N) is 1. The van der Waals surface area contributed by atoms with E-state index in [2.05, 4.69) is 18.3 Å². The van der Waals surface area contributed by atoms with Crippen LogP contribution in [0.25, 0.3) is 0 Å². The van der Waals surface area contributed by atoms with E-state index in [1.807, 2.05) is 6.07 Å². The molecule has 2 heteroatoms. The van der Waals surface area contributed by atoms with E-state index in [0.29, 0.717) is 12.0 Å². The minimum Gasteiger partial charge on any atom is -0.469 e. The number of furan rings is 1. The Morgan fingerprint density at radius 3 is 3.23 bits per heavy atom. The molecule has 1 N–H and O–H groups in total. The molecule has 2 unspecified atom stereocenters. The van der Waals surface area contributed by atoms with Crippen LogP contribution in [0.5, 0.6) is 0 Å². The van der Waals surface area contributed by atoms with Gasteiger partial charge in [0.05, 0.1) is 6.26 Å². The summed E-state index contributed by atoms with van der Waals surface area (Å²) in [6, 6.07) is 4.74. The van der Waals surface area contributed by atoms with Crippen LogP contribution >= 0.6 is 0 Å². The molecule has 1 fully saturated rings. The molecule has 0 aromatic carbocycles. The highest BCUT2D eigenvalue weighted by Gasteiger charge is 2.18. The summed E-state index contributed by atoms with van der Waals surface area (Å²) in [4.78, 5) is 0. The molecule has 2 rings (SSSR count). The number of hydrogen-bond donors (Lipinski definition) is 1. The molecule has 1 saturated heterocycles. The molecule has 1 aliphatic heterocycles. The van der Waals surface area contributed by atoms with E-state index in [1.54, 1.807) is 6.26 Å². The maximum absolute atomic E-state index is 5.38. The van der Waals surface area contributed by atoms with Crippen molar-refractivity contribution < 1.29 is 4.42 Å². The molecule has 0 saturated carbocycles. The van der Waals surface area contributed by atoms with Crippen molar-refractivity contribution in [1.82, 2.24) is 5.32 Å². The first-order chi connectivity index (χ1) is 6.36.